The van der Waals surface area contributed by atoms with Gasteiger partial charge in [-0.05, 0) is 19.3 Å². The molecule has 5 aromatic rings. The average Bonchev–Trinajstić information content (AvgIpc) is 3.77. The minimum Gasteiger partial charge on any atom is -0.271 e. The third-order valence-electron chi connectivity index (χ3n) is 9.13. The predicted octanol–water partition coefficient (Wildman–Crippen LogP) is 7.93. The smallest absolute Gasteiger partial charge is 0.271 e. The molecule has 0 aliphatic heterocycles. The summed E-state index contributed by atoms with van der Waals surface area (Å²) >= 11 is 1.60. The van der Waals surface area contributed by atoms with Crippen LogP contribution in [0.15, 0.2) is 17.1 Å². The Bertz CT molecular complexity index is 2130. The van der Waals surface area contributed by atoms with Crippen LogP contribution in [0, 0.1) is 126 Å². The van der Waals surface area contributed by atoms with Gasteiger partial charge in [0.1, 0.15) is 52.7 Å². The normalized spacial score (nSPS) is 11.5. The topological polar surface area (TPSA) is 56.3 Å². The van der Waals surface area contributed by atoms with Crippen molar-refractivity contribution in [2.75, 3.05) is 13.2 Å². The first-order valence-electron chi connectivity index (χ1n) is 16.9. The second-order valence-corrected chi connectivity index (χ2v) is 13.5. The van der Waals surface area contributed by atoms with Gasteiger partial charge < -0.3 is 0 Å². The molecule has 0 unspecified atom stereocenters. The number of benzene rings is 4. The number of aromatic nitrogens is 1. The lowest BCUT2D eigenvalue weighted by Gasteiger charge is -2.44. The van der Waals surface area contributed by atoms with Crippen molar-refractivity contribution in [3.63, 3.8) is 0 Å². The minimum absolute atomic E-state index is 0.109. The van der Waals surface area contributed by atoms with Crippen molar-refractivity contribution >= 4 is 39.3 Å². The van der Waals surface area contributed by atoms with Gasteiger partial charge in [0.15, 0.2) is 76.4 Å². The summed E-state index contributed by atoms with van der Waals surface area (Å²) in [6, 6.07) is 0. The number of nitrogens with zero attached hydrogens (tertiary/aromatic N) is 2. The molecule has 5 nitrogen and oxygen atoms in total. The van der Waals surface area contributed by atoms with E-state index in [1.54, 1.807) is 16.1 Å². The lowest BCUT2D eigenvalue weighted by Crippen LogP contribution is -2.81. The lowest BCUT2D eigenvalue weighted by atomic mass is 9.12. The Labute approximate surface area is 336 Å². The van der Waals surface area contributed by atoms with Crippen LogP contribution in [0.1, 0.15) is 38.5 Å². The zero-order chi connectivity index (χ0) is 46.7. The number of nitro groups is 1. The van der Waals surface area contributed by atoms with Gasteiger partial charge in [-0.3, -0.25) is 15.0 Å². The lowest BCUT2D eigenvalue weighted by molar-refractivity contribution is -0.888. The van der Waals surface area contributed by atoms with Crippen LogP contribution in [0.3, 0.4) is 0 Å². The van der Waals surface area contributed by atoms with Crippen LogP contribution in [0.2, 0.25) is 0 Å². The first-order valence-corrected chi connectivity index (χ1v) is 17.9. The van der Waals surface area contributed by atoms with Gasteiger partial charge in [-0.25, -0.2) is 87.8 Å². The molecule has 27 heteroatoms. The molecule has 0 saturated heterocycles. The molecule has 0 fully saturated rings. The highest BCUT2D eigenvalue weighted by atomic mass is 32.1. The number of hydrogen-bond donors (Lipinski definition) is 0. The number of rotatable bonds is 14. The van der Waals surface area contributed by atoms with Crippen LogP contribution in [-0.2, 0) is 0 Å². The molecule has 4 aromatic carbocycles. The van der Waals surface area contributed by atoms with Crippen molar-refractivity contribution in [2.45, 2.75) is 38.5 Å². The molecule has 5 rings (SSSR count). The largest absolute Gasteiger partial charge is 0.276 e. The molecule has 0 spiro atoms. The van der Waals surface area contributed by atoms with Gasteiger partial charge in [-0.2, -0.15) is 0 Å². The first-order chi connectivity index (χ1) is 29.0. The molecule has 0 aliphatic rings. The summed E-state index contributed by atoms with van der Waals surface area (Å²) in [6.45, 7) is 0.841. The fourth-order valence-corrected chi connectivity index (χ4v) is 6.90. The second-order valence-electron chi connectivity index (χ2n) is 12.7. The summed E-state index contributed by atoms with van der Waals surface area (Å²) < 4.78 is 296. The summed E-state index contributed by atoms with van der Waals surface area (Å²) in [4.78, 5) is 15.3. The second kappa shape index (κ2) is 19.6. The number of halogens is 20. The van der Waals surface area contributed by atoms with Crippen LogP contribution < -0.4 is 31.4 Å². The first kappa shape index (κ1) is 49.0. The van der Waals surface area contributed by atoms with E-state index in [0.717, 1.165) is 38.7 Å². The summed E-state index contributed by atoms with van der Waals surface area (Å²) in [5, 5.41) is 12.0. The van der Waals surface area contributed by atoms with Gasteiger partial charge >= 0.3 is 0 Å². The number of unbranched alkanes of at least 4 members (excludes halogenated alkanes) is 5. The Morgan fingerprint density at radius 3 is 0.952 bits per heavy atom. The minimum atomic E-state index is -7.22. The van der Waals surface area contributed by atoms with E-state index in [1.165, 1.54) is 0 Å². The van der Waals surface area contributed by atoms with Gasteiger partial charge in [0.2, 0.25) is 12.7 Å². The van der Waals surface area contributed by atoms with Crippen LogP contribution in [0.4, 0.5) is 87.8 Å². The summed E-state index contributed by atoms with van der Waals surface area (Å²) in [5.41, 5.74) is -12.4. The molecule has 0 N–H and O–H groups in total. The molecule has 0 radical (unpaired) electrons. The Balaban J connectivity index is 0.000000416. The van der Waals surface area contributed by atoms with Crippen molar-refractivity contribution < 1.29 is 102 Å². The summed E-state index contributed by atoms with van der Waals surface area (Å²) in [5.74, 6) is -71.4. The van der Waals surface area contributed by atoms with Crippen molar-refractivity contribution in [1.82, 2.24) is 0 Å². The van der Waals surface area contributed by atoms with E-state index in [0.29, 0.717) is 6.42 Å². The van der Waals surface area contributed by atoms with E-state index >= 15 is 35.1 Å². The zero-order valence-corrected chi connectivity index (χ0v) is 30.9. The highest BCUT2D eigenvalue weighted by molar-refractivity contribution is 7.20. The highest BCUT2D eigenvalue weighted by Gasteiger charge is 2.52. The maximum Gasteiger partial charge on any atom is 0.276 e. The number of thiazole rings is 1. The van der Waals surface area contributed by atoms with Crippen molar-refractivity contribution in [2.24, 2.45) is 0 Å². The fraction of sp³-hybridized carbons (Fsp3) is 0.229. The van der Waals surface area contributed by atoms with Crippen LogP contribution in [0.25, 0.3) is 0 Å². The monoisotopic (exact) mass is 938 g/mol. The van der Waals surface area contributed by atoms with Gasteiger partial charge in [0.05, 0.1) is 5.38 Å². The Hall–Kier alpha value is -5.63. The SMILES string of the molecule is Fc1c(F)c(F)c([B-](c2c(F)c(F)c(F)c(F)c2F)(c2c(F)c(F)c(F)c(F)c2F)c2c(F)c(F)c(F)c(F)c2F)c(F)c1F.O=[N+]([O-])CCCCCCCCO[n+]1ccsc1. The van der Waals surface area contributed by atoms with Crippen molar-refractivity contribution in [3.8, 4) is 0 Å². The van der Waals surface area contributed by atoms with Gasteiger partial charge in [-0.15, -0.1) is 21.9 Å². The van der Waals surface area contributed by atoms with Crippen molar-refractivity contribution in [1.29, 1.82) is 0 Å². The molecule has 0 aliphatic carbocycles. The highest BCUT2D eigenvalue weighted by Crippen LogP contribution is 2.30. The molecular formula is C35H19BF20N2O3S. The van der Waals surface area contributed by atoms with Crippen LogP contribution in [-0.4, -0.2) is 24.2 Å². The molecule has 1 aromatic heterocycles. The van der Waals surface area contributed by atoms with E-state index in [-0.39, 0.29) is 11.5 Å². The molecule has 1 heterocycles. The Morgan fingerprint density at radius 2 is 0.694 bits per heavy atom. The van der Waals surface area contributed by atoms with E-state index < -0.39 is 144 Å². The molecule has 336 valence electrons. The quantitative estimate of drug-likeness (QED) is 0.0166. The molecule has 0 amide bonds. The van der Waals surface area contributed by atoms with Gasteiger partial charge in [0.25, 0.3) is 5.51 Å². The molecule has 62 heavy (non-hydrogen) atoms. The fourth-order valence-electron chi connectivity index (χ4n) is 6.39. The Morgan fingerprint density at radius 1 is 0.435 bits per heavy atom. The van der Waals surface area contributed by atoms with E-state index in [2.05, 4.69) is 0 Å². The third kappa shape index (κ3) is 8.71. The molecule has 0 saturated carbocycles. The summed E-state index contributed by atoms with van der Waals surface area (Å²) in [7, 11) is 0. The zero-order valence-electron chi connectivity index (χ0n) is 30.1. The Kier molecular flexibility index (Phi) is 15.5. The van der Waals surface area contributed by atoms with Crippen molar-refractivity contribution in [3.05, 3.63) is 144 Å². The maximum absolute atomic E-state index is 15.4. The van der Waals surface area contributed by atoms with E-state index in [4.69, 9.17) is 4.84 Å². The van der Waals surface area contributed by atoms with E-state index in [9.17, 15) is 62.8 Å². The molecule has 0 bridgehead atoms. The third-order valence-corrected chi connectivity index (χ3v) is 9.74. The summed E-state index contributed by atoms with van der Waals surface area (Å²) in [6.07, 6.45) is 0.721. The molecule has 0 atom stereocenters. The number of hydrogen-bond acceptors (Lipinski definition) is 4. The van der Waals surface area contributed by atoms with Crippen LogP contribution >= 0.6 is 11.3 Å². The standard InChI is InChI=1S/C24BF20.C11H19N2O3S/c26-5-1(6(27)14(35)21(42)13(5)34)25(2-7(28)15(36)22(43)16(37)8(2)29,3-9(30)17(38)23(44)18(39)10(3)31)4-11(32)19(40)24(45)20(41)12(4)33;14-13(15)7-5-3-1-2-4-6-9-16-12-8-10-17-11-12/h;8,10-11H,1-7,9H2/q-1;+1. The van der Waals surface area contributed by atoms with E-state index in [1.807, 2.05) is 17.1 Å². The predicted molar refractivity (Wildman–Crippen MR) is 175 cm³/mol. The maximum atomic E-state index is 15.4. The van der Waals surface area contributed by atoms with Gasteiger partial charge in [-0.1, -0.05) is 24.2 Å². The molecular weight excluding hydrogens is 919 g/mol. The average molecular weight is 938 g/mol. The van der Waals surface area contributed by atoms with Gasteiger partial charge in [0, 0.05) is 16.1 Å². The van der Waals surface area contributed by atoms with Crippen LogP contribution in [0.5, 0.6) is 0 Å².